The van der Waals surface area contributed by atoms with E-state index in [9.17, 15) is 4.39 Å². The van der Waals surface area contributed by atoms with Crippen molar-refractivity contribution in [3.05, 3.63) is 30.1 Å². The highest BCUT2D eigenvalue weighted by molar-refractivity contribution is 5.08. The summed E-state index contributed by atoms with van der Waals surface area (Å²) in [5, 5.41) is 0. The average molecular weight is 167 g/mol. The number of pyridine rings is 1. The van der Waals surface area contributed by atoms with Crippen LogP contribution in [0.4, 0.5) is 4.39 Å². The number of ether oxygens (including phenoxy) is 1. The smallest absolute Gasteiger partial charge is 0.126 e. The second-order valence-corrected chi connectivity index (χ2v) is 2.91. The molecule has 2 heterocycles. The van der Waals surface area contributed by atoms with Gasteiger partial charge in [0.05, 0.1) is 12.3 Å². The topological polar surface area (TPSA) is 22.1 Å². The Labute approximate surface area is 70.4 Å². The zero-order valence-electron chi connectivity index (χ0n) is 6.61. The van der Waals surface area contributed by atoms with Crippen LogP contribution in [0, 0.1) is 0 Å². The van der Waals surface area contributed by atoms with Crippen molar-refractivity contribution < 1.29 is 9.13 Å². The number of hydrogen-bond donors (Lipinski definition) is 0. The summed E-state index contributed by atoms with van der Waals surface area (Å²) < 4.78 is 17.9. The monoisotopic (exact) mass is 167 g/mol. The summed E-state index contributed by atoms with van der Waals surface area (Å²) in [6.45, 7) is 0.210. The van der Waals surface area contributed by atoms with Gasteiger partial charge in [0.2, 0.25) is 0 Å². The molecule has 0 bridgehead atoms. The van der Waals surface area contributed by atoms with E-state index in [1.807, 2.05) is 18.2 Å². The van der Waals surface area contributed by atoms with Crippen LogP contribution in [0.3, 0.4) is 0 Å². The van der Waals surface area contributed by atoms with Gasteiger partial charge in [0.25, 0.3) is 0 Å². The van der Waals surface area contributed by atoms with Gasteiger partial charge in [-0.2, -0.15) is 0 Å². The van der Waals surface area contributed by atoms with E-state index >= 15 is 0 Å². The Balaban J connectivity index is 2.11. The predicted octanol–water partition coefficient (Wildman–Crippen LogP) is 1.88. The van der Waals surface area contributed by atoms with Crippen molar-refractivity contribution in [2.24, 2.45) is 0 Å². The van der Waals surface area contributed by atoms with E-state index in [1.165, 1.54) is 0 Å². The predicted molar refractivity (Wildman–Crippen MR) is 42.4 cm³/mol. The fourth-order valence-electron chi connectivity index (χ4n) is 1.36. The number of alkyl halides is 1. The lowest BCUT2D eigenvalue weighted by Crippen LogP contribution is -1.98. The van der Waals surface area contributed by atoms with Crippen molar-refractivity contribution in [1.82, 2.24) is 4.98 Å². The van der Waals surface area contributed by atoms with E-state index in [1.54, 1.807) is 6.20 Å². The lowest BCUT2D eigenvalue weighted by molar-refractivity contribution is 0.101. The summed E-state index contributed by atoms with van der Waals surface area (Å²) in [6.07, 6.45) is 1.18. The van der Waals surface area contributed by atoms with Gasteiger partial charge in [-0.05, 0) is 12.1 Å². The second-order valence-electron chi connectivity index (χ2n) is 2.91. The molecule has 0 aromatic carbocycles. The zero-order valence-corrected chi connectivity index (χ0v) is 6.61. The third kappa shape index (κ3) is 1.46. The van der Waals surface area contributed by atoms with Crippen LogP contribution in [0.5, 0.6) is 0 Å². The molecule has 64 valence electrons. The third-order valence-electron chi connectivity index (χ3n) is 1.97. The quantitative estimate of drug-likeness (QED) is 0.637. The summed E-state index contributed by atoms with van der Waals surface area (Å²) in [5.41, 5.74) is 0.831. The fraction of sp³-hybridized carbons (Fsp3) is 0.444. The maximum Gasteiger partial charge on any atom is 0.126 e. The van der Waals surface area contributed by atoms with E-state index in [0.717, 1.165) is 5.69 Å². The van der Waals surface area contributed by atoms with Gasteiger partial charge in [-0.15, -0.1) is 0 Å². The van der Waals surface area contributed by atoms with Crippen LogP contribution in [0.15, 0.2) is 24.4 Å². The first-order valence-electron chi connectivity index (χ1n) is 4.03. The molecule has 0 N–H and O–H groups in total. The average Bonchev–Trinajstić information content (AvgIpc) is 2.54. The molecule has 0 spiro atoms. The summed E-state index contributed by atoms with van der Waals surface area (Å²) in [5.74, 6) is 0. The van der Waals surface area contributed by atoms with Crippen LogP contribution in [-0.4, -0.2) is 17.8 Å². The van der Waals surface area contributed by atoms with Crippen molar-refractivity contribution in [3.8, 4) is 0 Å². The Hall–Kier alpha value is -0.960. The van der Waals surface area contributed by atoms with E-state index in [4.69, 9.17) is 4.74 Å². The zero-order chi connectivity index (χ0) is 8.39. The van der Waals surface area contributed by atoms with Crippen molar-refractivity contribution in [1.29, 1.82) is 0 Å². The maximum absolute atomic E-state index is 12.7. The molecule has 2 atom stereocenters. The van der Waals surface area contributed by atoms with Crippen LogP contribution in [-0.2, 0) is 4.74 Å². The first-order valence-corrected chi connectivity index (χ1v) is 4.03. The summed E-state index contributed by atoms with van der Waals surface area (Å²) in [4.78, 5) is 4.10. The second kappa shape index (κ2) is 3.19. The summed E-state index contributed by atoms with van der Waals surface area (Å²) in [6, 6.07) is 5.59. The van der Waals surface area contributed by atoms with Gasteiger partial charge in [0.1, 0.15) is 12.3 Å². The Morgan fingerprint density at radius 3 is 3.00 bits per heavy atom. The van der Waals surface area contributed by atoms with Gasteiger partial charge in [0, 0.05) is 12.6 Å². The number of halogens is 1. The molecule has 0 amide bonds. The molecule has 1 aromatic heterocycles. The van der Waals surface area contributed by atoms with Gasteiger partial charge in [-0.1, -0.05) is 6.07 Å². The highest BCUT2D eigenvalue weighted by atomic mass is 19.1. The molecule has 0 aliphatic carbocycles. The Morgan fingerprint density at radius 1 is 1.50 bits per heavy atom. The number of nitrogens with zero attached hydrogens (tertiary/aromatic N) is 1. The van der Waals surface area contributed by atoms with Gasteiger partial charge in [-0.3, -0.25) is 4.98 Å². The molecule has 0 unspecified atom stereocenters. The van der Waals surface area contributed by atoms with Gasteiger partial charge in [-0.25, -0.2) is 4.39 Å². The molecule has 1 fully saturated rings. The maximum atomic E-state index is 12.7. The van der Waals surface area contributed by atoms with Crippen molar-refractivity contribution in [3.63, 3.8) is 0 Å². The molecule has 2 nitrogen and oxygen atoms in total. The largest absolute Gasteiger partial charge is 0.369 e. The van der Waals surface area contributed by atoms with Gasteiger partial charge < -0.3 is 4.74 Å². The molecule has 2 rings (SSSR count). The number of hydrogen-bond acceptors (Lipinski definition) is 2. The molecule has 1 saturated heterocycles. The Kier molecular flexibility index (Phi) is 2.04. The van der Waals surface area contributed by atoms with E-state index < -0.39 is 6.17 Å². The molecular weight excluding hydrogens is 157 g/mol. The molecule has 12 heavy (non-hydrogen) atoms. The Morgan fingerprint density at radius 2 is 2.42 bits per heavy atom. The van der Waals surface area contributed by atoms with E-state index in [2.05, 4.69) is 4.98 Å². The van der Waals surface area contributed by atoms with Gasteiger partial charge >= 0.3 is 0 Å². The molecule has 1 aliphatic heterocycles. The van der Waals surface area contributed by atoms with Crippen LogP contribution in [0.25, 0.3) is 0 Å². The minimum absolute atomic E-state index is 0.138. The van der Waals surface area contributed by atoms with E-state index in [0.29, 0.717) is 6.42 Å². The lowest BCUT2D eigenvalue weighted by atomic mass is 10.1. The molecule has 0 saturated carbocycles. The highest BCUT2D eigenvalue weighted by Crippen LogP contribution is 2.28. The SMILES string of the molecule is F[C@@H]1CO[C@H](c2ccccn2)C1. The minimum Gasteiger partial charge on any atom is -0.369 e. The van der Waals surface area contributed by atoms with Crippen molar-refractivity contribution >= 4 is 0 Å². The van der Waals surface area contributed by atoms with Crippen molar-refractivity contribution in [2.75, 3.05) is 6.61 Å². The molecular formula is C9H10FNO. The first-order chi connectivity index (χ1) is 5.86. The highest BCUT2D eigenvalue weighted by Gasteiger charge is 2.26. The Bertz CT molecular complexity index is 252. The molecule has 0 radical (unpaired) electrons. The van der Waals surface area contributed by atoms with E-state index in [-0.39, 0.29) is 12.7 Å². The fourth-order valence-corrected chi connectivity index (χ4v) is 1.36. The molecule has 1 aliphatic rings. The van der Waals surface area contributed by atoms with Crippen LogP contribution < -0.4 is 0 Å². The molecule has 1 aromatic rings. The standard InChI is InChI=1S/C9H10FNO/c10-7-5-9(12-6-7)8-3-1-2-4-11-8/h1-4,7,9H,5-6H2/t7-,9-/m0/s1. The van der Waals surface area contributed by atoms with Crippen LogP contribution in [0.2, 0.25) is 0 Å². The minimum atomic E-state index is -0.822. The molecule has 3 heteroatoms. The van der Waals surface area contributed by atoms with Crippen LogP contribution in [0.1, 0.15) is 18.2 Å². The number of rotatable bonds is 1. The lowest BCUT2D eigenvalue weighted by Gasteiger charge is -2.06. The summed E-state index contributed by atoms with van der Waals surface area (Å²) >= 11 is 0. The van der Waals surface area contributed by atoms with Crippen molar-refractivity contribution in [2.45, 2.75) is 18.7 Å². The first kappa shape index (κ1) is 7.68. The summed E-state index contributed by atoms with van der Waals surface area (Å²) in [7, 11) is 0. The van der Waals surface area contributed by atoms with Crippen LogP contribution >= 0.6 is 0 Å². The number of aromatic nitrogens is 1. The third-order valence-corrected chi connectivity index (χ3v) is 1.97. The van der Waals surface area contributed by atoms with Gasteiger partial charge in [0.15, 0.2) is 0 Å². The normalized spacial score (nSPS) is 29.1.